The van der Waals surface area contributed by atoms with Gasteiger partial charge in [-0.05, 0) is 0 Å². The summed E-state index contributed by atoms with van der Waals surface area (Å²) in [4.78, 5) is 0. The van der Waals surface area contributed by atoms with Crippen molar-refractivity contribution in [2.45, 2.75) is 0 Å². The molecule has 0 heterocycles. The summed E-state index contributed by atoms with van der Waals surface area (Å²) in [6, 6.07) is 0. The van der Waals surface area contributed by atoms with Crippen molar-refractivity contribution >= 4 is 0 Å². The molecule has 0 aliphatic carbocycles. The molecule has 0 amide bonds. The molecule has 0 aromatic carbocycles. The van der Waals surface area contributed by atoms with Crippen molar-refractivity contribution in [2.24, 2.45) is 0 Å². The third-order valence-electron chi connectivity index (χ3n) is 0. The van der Waals surface area contributed by atoms with E-state index in [0.717, 1.165) is 0 Å². The second-order valence-electron chi connectivity index (χ2n) is 0. The number of rotatable bonds is 0. The normalized spacial score (nSPS) is 1.25. The van der Waals surface area contributed by atoms with E-state index in [1.54, 1.807) is 0 Å². The third kappa shape index (κ3) is 9.08. The van der Waals surface area contributed by atoms with Gasteiger partial charge in [-0.1, -0.05) is 0 Å². The van der Waals surface area contributed by atoms with Crippen LogP contribution < -0.4 is 48.4 Å². The van der Waals surface area contributed by atoms with E-state index >= 15 is 0 Å². The molecule has 0 fully saturated rings. The fourth-order valence-corrected chi connectivity index (χ4v) is 0. The van der Waals surface area contributed by atoms with Crippen LogP contribution in [0.4, 0.5) is 0 Å². The summed E-state index contributed by atoms with van der Waals surface area (Å²) < 4.78 is 7.94. The zero-order chi connectivity index (χ0) is 2.00. The van der Waals surface area contributed by atoms with Gasteiger partial charge in [0.2, 0.25) is 0 Å². The number of hydrogen-bond donors (Lipinski definition) is 0. The van der Waals surface area contributed by atoms with Crippen LogP contribution in [-0.2, 0) is 19.5 Å². The van der Waals surface area contributed by atoms with Crippen LogP contribution in [0.15, 0.2) is 0 Å². The van der Waals surface area contributed by atoms with E-state index in [0.29, 0.717) is 0 Å². The second kappa shape index (κ2) is 20.6. The Balaban J connectivity index is -0.000000000833. The molecule has 0 saturated carbocycles. The van der Waals surface area contributed by atoms with Crippen LogP contribution in [0.3, 0.4) is 0 Å². The Morgan fingerprint density at radius 1 is 1.50 bits per heavy atom. The molecule has 0 spiro atoms. The molecule has 0 unspecified atom stereocenters. The molecule has 1 nitrogen and oxygen atoms in total. The standard InChI is InChI=1S/Co.Li.Na.O.2H/q;2*+1;;2*-1. The fraction of sp³-hybridized carbons (Fsp3) is 0. The Morgan fingerprint density at radius 2 is 1.50 bits per heavy atom. The summed E-state index contributed by atoms with van der Waals surface area (Å²) in [7, 11) is 0. The van der Waals surface area contributed by atoms with Gasteiger partial charge in [0.15, 0.2) is 0 Å². The zero-order valence-corrected chi connectivity index (χ0v) is 5.78. The van der Waals surface area contributed by atoms with Gasteiger partial charge in [0, 0.05) is 0 Å². The Bertz CT molecular complexity index is 13.5. The summed E-state index contributed by atoms with van der Waals surface area (Å²) in [6.45, 7) is 0. The Kier molecular flexibility index (Phi) is 86.8. The first-order chi connectivity index (χ1) is 1.00. The average Bonchev–Trinajstić information content (AvgIpc) is 1.00. The van der Waals surface area contributed by atoms with Gasteiger partial charge in [-0.15, -0.1) is 0 Å². The molecule has 0 bridgehead atoms. The van der Waals surface area contributed by atoms with Gasteiger partial charge in [0.05, 0.1) is 0 Å². The molecule has 0 rings (SSSR count). The molecule has 0 aromatic heterocycles. The van der Waals surface area contributed by atoms with Crippen molar-refractivity contribution in [2.75, 3.05) is 0 Å². The number of hydrogen-bond acceptors (Lipinski definition) is 1. The van der Waals surface area contributed by atoms with Crippen molar-refractivity contribution in [1.82, 2.24) is 0 Å². The molecule has 0 aliphatic heterocycles. The third-order valence-corrected chi connectivity index (χ3v) is 0. The van der Waals surface area contributed by atoms with Crippen LogP contribution >= 0.6 is 0 Å². The zero-order valence-electron chi connectivity index (χ0n) is 4.74. The summed E-state index contributed by atoms with van der Waals surface area (Å²) >= 11 is 2.31. The molecule has 0 radical (unpaired) electrons. The molecular weight excluding hydrogens is 105 g/mol. The minimum absolute atomic E-state index is 0. The predicted octanol–water partition coefficient (Wildman–Crippen LogP) is -5.89. The van der Waals surface area contributed by atoms with E-state index in [-0.39, 0.29) is 51.3 Å². The summed E-state index contributed by atoms with van der Waals surface area (Å²) in [5.74, 6) is 0. The van der Waals surface area contributed by atoms with Crippen molar-refractivity contribution in [3.05, 3.63) is 0 Å². The maximum absolute atomic E-state index is 7.94. The molecule has 0 atom stereocenters. The fourth-order valence-electron chi connectivity index (χ4n) is 0. The van der Waals surface area contributed by atoms with E-state index in [9.17, 15) is 0 Å². The molecule has 0 N–H and O–H groups in total. The van der Waals surface area contributed by atoms with Crippen LogP contribution in [0.25, 0.3) is 0 Å². The SMILES string of the molecule is [H-].[H-].[Li+].[Na+].[O]=[Co]. The van der Waals surface area contributed by atoms with Crippen molar-refractivity contribution in [3.8, 4) is 0 Å². The van der Waals surface area contributed by atoms with Gasteiger partial charge in [0.1, 0.15) is 0 Å². The Hall–Kier alpha value is 1.90. The van der Waals surface area contributed by atoms with Crippen LogP contribution in [0, 0.1) is 0 Å². The molecule has 0 aliphatic rings. The summed E-state index contributed by atoms with van der Waals surface area (Å²) in [5.41, 5.74) is 0. The first-order valence-electron chi connectivity index (χ1n) is 0.136. The van der Waals surface area contributed by atoms with Gasteiger partial charge < -0.3 is 2.85 Å². The van der Waals surface area contributed by atoms with E-state index in [1.807, 2.05) is 0 Å². The van der Waals surface area contributed by atoms with Crippen LogP contribution in [0.5, 0.6) is 0 Å². The topological polar surface area (TPSA) is 17.1 Å². The molecule has 4 heavy (non-hydrogen) atoms. The van der Waals surface area contributed by atoms with E-state index in [4.69, 9.17) is 3.87 Å². The van der Waals surface area contributed by atoms with Gasteiger partial charge in [-0.2, -0.15) is 0 Å². The molecule has 0 aromatic rings. The van der Waals surface area contributed by atoms with Gasteiger partial charge in [-0.25, -0.2) is 0 Å². The maximum atomic E-state index is 7.94. The van der Waals surface area contributed by atoms with Gasteiger partial charge in [-0.3, -0.25) is 0 Å². The minimum atomic E-state index is 0. The molecule has 19 valence electrons. The molecular formula is H2CoLiNaO. The van der Waals surface area contributed by atoms with E-state index in [1.165, 1.54) is 0 Å². The van der Waals surface area contributed by atoms with Crippen molar-refractivity contribution < 1.29 is 70.8 Å². The molecule has 0 saturated heterocycles. The predicted molar refractivity (Wildman–Crippen MR) is 2.91 cm³/mol. The van der Waals surface area contributed by atoms with E-state index < -0.39 is 0 Å². The summed E-state index contributed by atoms with van der Waals surface area (Å²) in [6.07, 6.45) is 0. The summed E-state index contributed by atoms with van der Waals surface area (Å²) in [5, 5.41) is 0. The first-order valence-corrected chi connectivity index (χ1v) is 0.561. The Labute approximate surface area is 70.1 Å². The van der Waals surface area contributed by atoms with Gasteiger partial charge in [0.25, 0.3) is 0 Å². The quantitative estimate of drug-likeness (QED) is 0.282. The van der Waals surface area contributed by atoms with E-state index in [2.05, 4.69) is 15.7 Å². The van der Waals surface area contributed by atoms with Crippen molar-refractivity contribution in [3.63, 3.8) is 0 Å². The monoisotopic (exact) mass is 107 g/mol. The van der Waals surface area contributed by atoms with Crippen LogP contribution in [0.2, 0.25) is 0 Å². The second-order valence-corrected chi connectivity index (χ2v) is 0. The van der Waals surface area contributed by atoms with Crippen LogP contribution in [-0.4, -0.2) is 0 Å². The van der Waals surface area contributed by atoms with Gasteiger partial charge >= 0.3 is 68.0 Å². The average molecular weight is 107 g/mol. The van der Waals surface area contributed by atoms with Crippen molar-refractivity contribution in [1.29, 1.82) is 0 Å². The molecule has 4 heteroatoms. The van der Waals surface area contributed by atoms with Crippen LogP contribution in [0.1, 0.15) is 2.85 Å². The first kappa shape index (κ1) is 16.8. The Morgan fingerprint density at radius 3 is 1.50 bits per heavy atom.